The van der Waals surface area contributed by atoms with E-state index in [1.54, 1.807) is 23.6 Å². The molecule has 4 rings (SSSR count). The Morgan fingerprint density at radius 2 is 2.03 bits per heavy atom. The zero-order valence-corrected chi connectivity index (χ0v) is 18.9. The van der Waals surface area contributed by atoms with E-state index in [1.807, 2.05) is 44.2 Å². The van der Waals surface area contributed by atoms with Gasteiger partial charge in [0.1, 0.15) is 6.04 Å². The van der Waals surface area contributed by atoms with Crippen LogP contribution in [0.1, 0.15) is 45.2 Å². The Bertz CT molecular complexity index is 863. The maximum absolute atomic E-state index is 13.9. The summed E-state index contributed by atoms with van der Waals surface area (Å²) < 4.78 is 4.65. The minimum absolute atomic E-state index is 0.0196. The molecule has 2 bridgehead atoms. The highest BCUT2D eigenvalue weighted by Gasteiger charge is 2.74. The molecule has 0 radical (unpaired) electrons. The number of hydrogen-bond acceptors (Lipinski definition) is 6. The number of ether oxygens (including phenoxy) is 1. The molecular weight excluding hydrogens is 416 g/mol. The number of thioether (sulfide) groups is 1. The van der Waals surface area contributed by atoms with Crippen LogP contribution in [-0.2, 0) is 19.1 Å². The predicted octanol–water partition coefficient (Wildman–Crippen LogP) is 1.90. The summed E-state index contributed by atoms with van der Waals surface area (Å²) in [6.07, 6.45) is 1.46. The molecular formula is C23H30N2O5S. The molecule has 3 saturated heterocycles. The van der Waals surface area contributed by atoms with Gasteiger partial charge >= 0.3 is 5.97 Å². The standard InChI is InChI=1S/C23H30N2O5S/c1-4-30-22(29)17-16-10-11-23(31-16)18(17)21(28)25(19(23)20(27)24-13(2)3)15(12-26)14-8-6-5-7-9-14/h5-9,13,15-19,26H,4,10-12H2,1-3H3,(H,24,27)/t15-,16+,17-,18+,19?,23?/m1/s1. The molecule has 0 aromatic heterocycles. The van der Waals surface area contributed by atoms with Crippen LogP contribution in [0.4, 0.5) is 0 Å². The number of likely N-dealkylation sites (tertiary alicyclic amines) is 1. The Balaban J connectivity index is 1.80. The van der Waals surface area contributed by atoms with Gasteiger partial charge in [0, 0.05) is 11.3 Å². The van der Waals surface area contributed by atoms with Crippen LogP contribution in [0.15, 0.2) is 30.3 Å². The van der Waals surface area contributed by atoms with Crippen molar-refractivity contribution >= 4 is 29.5 Å². The number of esters is 1. The molecule has 2 amide bonds. The van der Waals surface area contributed by atoms with E-state index in [0.717, 1.165) is 12.0 Å². The molecule has 0 saturated carbocycles. The molecule has 1 aromatic carbocycles. The number of carbonyl (C=O) groups is 3. The lowest BCUT2D eigenvalue weighted by molar-refractivity contribution is -0.154. The number of carbonyl (C=O) groups excluding carboxylic acids is 3. The van der Waals surface area contributed by atoms with Crippen LogP contribution < -0.4 is 5.32 Å². The second-order valence-corrected chi connectivity index (χ2v) is 10.4. The summed E-state index contributed by atoms with van der Waals surface area (Å²) in [7, 11) is 0. The molecule has 3 fully saturated rings. The topological polar surface area (TPSA) is 95.9 Å². The van der Waals surface area contributed by atoms with Crippen LogP contribution in [0.5, 0.6) is 0 Å². The molecule has 31 heavy (non-hydrogen) atoms. The van der Waals surface area contributed by atoms with Crippen molar-refractivity contribution in [2.75, 3.05) is 13.2 Å². The zero-order chi connectivity index (χ0) is 22.3. The number of aliphatic hydroxyl groups excluding tert-OH is 1. The van der Waals surface area contributed by atoms with Crippen LogP contribution in [0.25, 0.3) is 0 Å². The summed E-state index contributed by atoms with van der Waals surface area (Å²) >= 11 is 1.60. The average Bonchev–Trinajstić information content (AvgIpc) is 3.37. The number of fused-ring (bicyclic) bond motifs is 1. The fraction of sp³-hybridized carbons (Fsp3) is 0.609. The number of rotatable bonds is 7. The Labute approximate surface area is 186 Å². The van der Waals surface area contributed by atoms with Gasteiger partial charge < -0.3 is 20.1 Å². The maximum atomic E-state index is 13.9. The van der Waals surface area contributed by atoms with Gasteiger partial charge in [-0.2, -0.15) is 0 Å². The number of aliphatic hydroxyl groups is 1. The largest absolute Gasteiger partial charge is 0.466 e. The zero-order valence-electron chi connectivity index (χ0n) is 18.1. The molecule has 168 valence electrons. The first-order chi connectivity index (χ1) is 14.9. The van der Waals surface area contributed by atoms with Gasteiger partial charge in [0.2, 0.25) is 11.8 Å². The van der Waals surface area contributed by atoms with E-state index in [1.165, 1.54) is 0 Å². The van der Waals surface area contributed by atoms with Crippen LogP contribution in [0.3, 0.4) is 0 Å². The first-order valence-electron chi connectivity index (χ1n) is 11.0. The van der Waals surface area contributed by atoms with Gasteiger partial charge in [-0.15, -0.1) is 11.8 Å². The summed E-state index contributed by atoms with van der Waals surface area (Å²) in [4.78, 5) is 41.7. The van der Waals surface area contributed by atoms with Crippen molar-refractivity contribution < 1.29 is 24.2 Å². The van der Waals surface area contributed by atoms with E-state index in [2.05, 4.69) is 5.32 Å². The Morgan fingerprint density at radius 3 is 2.65 bits per heavy atom. The van der Waals surface area contributed by atoms with E-state index >= 15 is 0 Å². The van der Waals surface area contributed by atoms with Gasteiger partial charge in [0.15, 0.2) is 0 Å². The Kier molecular flexibility index (Phi) is 6.05. The highest BCUT2D eigenvalue weighted by Crippen LogP contribution is 2.67. The lowest BCUT2D eigenvalue weighted by Crippen LogP contribution is -2.55. The number of hydrogen-bond donors (Lipinski definition) is 2. The van der Waals surface area contributed by atoms with Crippen molar-refractivity contribution in [1.82, 2.24) is 10.2 Å². The normalized spacial score (nSPS) is 32.3. The van der Waals surface area contributed by atoms with Gasteiger partial charge in [-0.25, -0.2) is 0 Å². The maximum Gasteiger partial charge on any atom is 0.310 e. The molecule has 2 unspecified atom stereocenters. The van der Waals surface area contributed by atoms with Crippen LogP contribution in [0, 0.1) is 11.8 Å². The molecule has 1 spiro atoms. The van der Waals surface area contributed by atoms with Crippen LogP contribution in [0.2, 0.25) is 0 Å². The van der Waals surface area contributed by atoms with Gasteiger partial charge in [0.05, 0.1) is 35.8 Å². The van der Waals surface area contributed by atoms with E-state index in [0.29, 0.717) is 6.42 Å². The first kappa shape index (κ1) is 22.1. The second kappa shape index (κ2) is 8.47. The highest BCUT2D eigenvalue weighted by molar-refractivity contribution is 8.02. The van der Waals surface area contributed by atoms with Gasteiger partial charge in [0.25, 0.3) is 0 Å². The molecule has 1 aromatic rings. The predicted molar refractivity (Wildman–Crippen MR) is 117 cm³/mol. The lowest BCUT2D eigenvalue weighted by atomic mass is 9.71. The first-order valence-corrected chi connectivity index (χ1v) is 11.9. The van der Waals surface area contributed by atoms with Crippen molar-refractivity contribution in [3.05, 3.63) is 35.9 Å². The quantitative estimate of drug-likeness (QED) is 0.621. The van der Waals surface area contributed by atoms with Crippen molar-refractivity contribution in [2.24, 2.45) is 11.8 Å². The van der Waals surface area contributed by atoms with Crippen molar-refractivity contribution in [2.45, 2.75) is 61.7 Å². The molecule has 2 N–H and O–H groups in total. The third-order valence-corrected chi connectivity index (χ3v) is 8.62. The fourth-order valence-electron chi connectivity index (χ4n) is 5.63. The molecule has 7 nitrogen and oxygen atoms in total. The minimum Gasteiger partial charge on any atom is -0.466 e. The number of nitrogens with zero attached hydrogens (tertiary/aromatic N) is 1. The van der Waals surface area contributed by atoms with E-state index in [9.17, 15) is 19.5 Å². The third-order valence-electron chi connectivity index (χ3n) is 6.67. The summed E-state index contributed by atoms with van der Waals surface area (Å²) in [5, 5.41) is 13.3. The summed E-state index contributed by atoms with van der Waals surface area (Å²) in [5.74, 6) is -1.99. The summed E-state index contributed by atoms with van der Waals surface area (Å²) in [6, 6.07) is 7.78. The lowest BCUT2D eigenvalue weighted by Gasteiger charge is -2.37. The Hall–Kier alpha value is -2.06. The molecule has 3 heterocycles. The summed E-state index contributed by atoms with van der Waals surface area (Å²) in [5.41, 5.74) is 0.768. The van der Waals surface area contributed by atoms with Gasteiger partial charge in [-0.1, -0.05) is 30.3 Å². The van der Waals surface area contributed by atoms with Crippen LogP contribution >= 0.6 is 11.8 Å². The third kappa shape index (κ3) is 3.44. The molecule has 3 aliphatic rings. The van der Waals surface area contributed by atoms with Crippen LogP contribution in [-0.4, -0.2) is 63.1 Å². The molecule has 8 heteroatoms. The van der Waals surface area contributed by atoms with Gasteiger partial charge in [-0.3, -0.25) is 14.4 Å². The summed E-state index contributed by atoms with van der Waals surface area (Å²) in [6.45, 7) is 5.48. The fourth-order valence-corrected chi connectivity index (χ4v) is 7.82. The SMILES string of the molecule is CCOC(=O)[C@@H]1[C@@H]2CCC3(S2)C(C(=O)NC(C)C)N([C@H](CO)c2ccccc2)C(=O)[C@H]13. The molecule has 6 atom stereocenters. The van der Waals surface area contributed by atoms with Gasteiger partial charge in [-0.05, 0) is 39.2 Å². The van der Waals surface area contributed by atoms with E-state index < -0.39 is 28.7 Å². The monoisotopic (exact) mass is 446 g/mol. The molecule has 3 aliphatic heterocycles. The number of amides is 2. The van der Waals surface area contributed by atoms with Crippen molar-refractivity contribution in [3.8, 4) is 0 Å². The van der Waals surface area contributed by atoms with E-state index in [4.69, 9.17) is 4.74 Å². The highest BCUT2D eigenvalue weighted by atomic mass is 32.2. The average molecular weight is 447 g/mol. The number of benzene rings is 1. The van der Waals surface area contributed by atoms with Crippen molar-refractivity contribution in [3.63, 3.8) is 0 Å². The number of nitrogens with one attached hydrogen (secondary N) is 1. The minimum atomic E-state index is -0.751. The van der Waals surface area contributed by atoms with Crippen molar-refractivity contribution in [1.29, 1.82) is 0 Å². The Morgan fingerprint density at radius 1 is 1.32 bits per heavy atom. The van der Waals surface area contributed by atoms with E-state index in [-0.39, 0.29) is 42.3 Å². The molecule has 0 aliphatic carbocycles. The smallest absolute Gasteiger partial charge is 0.310 e. The second-order valence-electron chi connectivity index (χ2n) is 8.83.